The van der Waals surface area contributed by atoms with Crippen LogP contribution in [-0.4, -0.2) is 25.6 Å². The molecule has 0 saturated carbocycles. The van der Waals surface area contributed by atoms with E-state index in [4.69, 9.17) is 4.74 Å². The Morgan fingerprint density at radius 3 is 3.06 bits per heavy atom. The average Bonchev–Trinajstić information content (AvgIpc) is 2.85. The van der Waals surface area contributed by atoms with Crippen molar-refractivity contribution in [2.24, 2.45) is 0 Å². The Kier molecular flexibility index (Phi) is 3.58. The van der Waals surface area contributed by atoms with E-state index in [-0.39, 0.29) is 17.8 Å². The van der Waals surface area contributed by atoms with Gasteiger partial charge in [0.1, 0.15) is 11.6 Å². The van der Waals surface area contributed by atoms with Crippen LogP contribution in [0.1, 0.15) is 12.8 Å². The minimum Gasteiger partial charge on any atom is -0.494 e. The van der Waals surface area contributed by atoms with E-state index in [1.807, 2.05) is 0 Å². The fraction of sp³-hybridized carbons (Fsp3) is 0.417. The van der Waals surface area contributed by atoms with Gasteiger partial charge in [0, 0.05) is 6.07 Å². The summed E-state index contributed by atoms with van der Waals surface area (Å²) in [5.41, 5.74) is 0.493. The highest BCUT2D eigenvalue weighted by Gasteiger charge is 2.22. The van der Waals surface area contributed by atoms with Crippen molar-refractivity contribution in [3.63, 3.8) is 0 Å². The molecule has 0 unspecified atom stereocenters. The molecule has 1 aliphatic rings. The van der Waals surface area contributed by atoms with Gasteiger partial charge in [0.15, 0.2) is 0 Å². The Labute approximate surface area is 99.2 Å². The van der Waals surface area contributed by atoms with Gasteiger partial charge in [-0.2, -0.15) is 0 Å². The van der Waals surface area contributed by atoms with E-state index >= 15 is 0 Å². The maximum atomic E-state index is 13.0. The first-order valence-electron chi connectivity index (χ1n) is 5.58. The molecule has 1 fully saturated rings. The fourth-order valence-corrected chi connectivity index (χ4v) is 1.90. The molecule has 17 heavy (non-hydrogen) atoms. The van der Waals surface area contributed by atoms with Crippen molar-refractivity contribution in [2.75, 3.05) is 19.0 Å². The molecule has 1 heterocycles. The van der Waals surface area contributed by atoms with Gasteiger partial charge < -0.3 is 15.4 Å². The van der Waals surface area contributed by atoms with Crippen LogP contribution in [0, 0.1) is 5.82 Å². The van der Waals surface area contributed by atoms with Gasteiger partial charge in [-0.25, -0.2) is 4.39 Å². The zero-order chi connectivity index (χ0) is 12.3. The van der Waals surface area contributed by atoms with Crippen LogP contribution in [0.5, 0.6) is 5.75 Å². The molecule has 1 amide bonds. The second kappa shape index (κ2) is 5.14. The summed E-state index contributed by atoms with van der Waals surface area (Å²) in [7, 11) is 1.44. The number of carbonyl (C=O) groups is 1. The third kappa shape index (κ3) is 2.74. The Hall–Kier alpha value is -1.62. The van der Waals surface area contributed by atoms with Gasteiger partial charge in [0.2, 0.25) is 5.91 Å². The molecule has 5 heteroatoms. The number of hydrogen-bond donors (Lipinski definition) is 2. The standard InChI is InChI=1S/C12H15FN2O2/c1-17-11-7-8(13)4-5-9(11)15-12(16)10-3-2-6-14-10/h4-5,7,10,14H,2-3,6H2,1H3,(H,15,16)/t10-/m0/s1. The maximum Gasteiger partial charge on any atom is 0.241 e. The van der Waals surface area contributed by atoms with E-state index in [1.165, 1.54) is 25.3 Å². The van der Waals surface area contributed by atoms with Crippen molar-refractivity contribution in [3.05, 3.63) is 24.0 Å². The highest BCUT2D eigenvalue weighted by molar-refractivity contribution is 5.96. The molecule has 2 N–H and O–H groups in total. The Balaban J connectivity index is 2.09. The Morgan fingerprint density at radius 1 is 1.59 bits per heavy atom. The number of benzene rings is 1. The van der Waals surface area contributed by atoms with Crippen molar-refractivity contribution in [2.45, 2.75) is 18.9 Å². The van der Waals surface area contributed by atoms with Crippen molar-refractivity contribution in [3.8, 4) is 5.75 Å². The lowest BCUT2D eigenvalue weighted by Gasteiger charge is -2.13. The van der Waals surface area contributed by atoms with E-state index in [2.05, 4.69) is 10.6 Å². The number of anilines is 1. The quantitative estimate of drug-likeness (QED) is 0.839. The summed E-state index contributed by atoms with van der Waals surface area (Å²) in [5, 5.41) is 5.84. The summed E-state index contributed by atoms with van der Waals surface area (Å²) in [6, 6.07) is 3.88. The van der Waals surface area contributed by atoms with E-state index in [9.17, 15) is 9.18 Å². The largest absolute Gasteiger partial charge is 0.494 e. The van der Waals surface area contributed by atoms with Gasteiger partial charge in [0.25, 0.3) is 0 Å². The third-order valence-electron chi connectivity index (χ3n) is 2.80. The highest BCUT2D eigenvalue weighted by atomic mass is 19.1. The smallest absolute Gasteiger partial charge is 0.241 e. The van der Waals surface area contributed by atoms with Crippen LogP contribution in [0.25, 0.3) is 0 Å². The predicted molar refractivity (Wildman–Crippen MR) is 62.6 cm³/mol. The van der Waals surface area contributed by atoms with Gasteiger partial charge in [-0.3, -0.25) is 4.79 Å². The summed E-state index contributed by atoms with van der Waals surface area (Å²) < 4.78 is 18.0. The van der Waals surface area contributed by atoms with Crippen molar-refractivity contribution >= 4 is 11.6 Å². The molecule has 0 radical (unpaired) electrons. The van der Waals surface area contributed by atoms with E-state index in [0.29, 0.717) is 11.4 Å². The molecule has 1 aromatic rings. The minimum absolute atomic E-state index is 0.104. The molecule has 2 rings (SSSR count). The van der Waals surface area contributed by atoms with Crippen molar-refractivity contribution < 1.29 is 13.9 Å². The molecule has 1 aromatic carbocycles. The minimum atomic E-state index is -0.390. The normalized spacial score (nSPS) is 19.1. The second-order valence-electron chi connectivity index (χ2n) is 3.98. The Morgan fingerprint density at radius 2 is 2.41 bits per heavy atom. The first kappa shape index (κ1) is 11.9. The molecule has 92 valence electrons. The summed E-state index contributed by atoms with van der Waals surface area (Å²) >= 11 is 0. The molecular formula is C12H15FN2O2. The van der Waals surface area contributed by atoms with Crippen LogP contribution >= 0.6 is 0 Å². The zero-order valence-corrected chi connectivity index (χ0v) is 9.63. The lowest BCUT2D eigenvalue weighted by molar-refractivity contribution is -0.117. The monoisotopic (exact) mass is 238 g/mol. The number of nitrogens with one attached hydrogen (secondary N) is 2. The van der Waals surface area contributed by atoms with Crippen molar-refractivity contribution in [1.29, 1.82) is 0 Å². The molecule has 0 aromatic heterocycles. The van der Waals surface area contributed by atoms with Gasteiger partial charge in [-0.15, -0.1) is 0 Å². The predicted octanol–water partition coefficient (Wildman–Crippen LogP) is 1.52. The molecule has 0 spiro atoms. The SMILES string of the molecule is COc1cc(F)ccc1NC(=O)[C@@H]1CCCN1. The van der Waals surface area contributed by atoms with Gasteiger partial charge in [-0.05, 0) is 31.5 Å². The number of amides is 1. The van der Waals surface area contributed by atoms with Crippen LogP contribution in [0.15, 0.2) is 18.2 Å². The first-order chi connectivity index (χ1) is 8.20. The molecule has 1 atom stereocenters. The zero-order valence-electron chi connectivity index (χ0n) is 9.63. The van der Waals surface area contributed by atoms with Crippen LogP contribution in [0.4, 0.5) is 10.1 Å². The third-order valence-corrected chi connectivity index (χ3v) is 2.80. The van der Waals surface area contributed by atoms with E-state index < -0.39 is 0 Å². The summed E-state index contributed by atoms with van der Waals surface area (Å²) in [6.07, 6.45) is 1.83. The molecule has 1 aliphatic heterocycles. The fourth-order valence-electron chi connectivity index (χ4n) is 1.90. The first-order valence-corrected chi connectivity index (χ1v) is 5.58. The number of methoxy groups -OCH3 is 1. The number of halogens is 1. The summed E-state index contributed by atoms with van der Waals surface area (Å²) in [5.74, 6) is -0.164. The van der Waals surface area contributed by atoms with Crippen LogP contribution < -0.4 is 15.4 Å². The topological polar surface area (TPSA) is 50.4 Å². The van der Waals surface area contributed by atoms with Crippen LogP contribution in [0.3, 0.4) is 0 Å². The van der Waals surface area contributed by atoms with Crippen LogP contribution in [-0.2, 0) is 4.79 Å². The molecule has 4 nitrogen and oxygen atoms in total. The summed E-state index contributed by atoms with van der Waals surface area (Å²) in [6.45, 7) is 0.860. The molecule has 1 saturated heterocycles. The molecule has 0 aliphatic carbocycles. The molecular weight excluding hydrogens is 223 g/mol. The Bertz CT molecular complexity index is 417. The van der Waals surface area contributed by atoms with Gasteiger partial charge >= 0.3 is 0 Å². The van der Waals surface area contributed by atoms with Crippen LogP contribution in [0.2, 0.25) is 0 Å². The lowest BCUT2D eigenvalue weighted by Crippen LogP contribution is -2.35. The van der Waals surface area contributed by atoms with Crippen molar-refractivity contribution in [1.82, 2.24) is 5.32 Å². The number of hydrogen-bond acceptors (Lipinski definition) is 3. The summed E-state index contributed by atoms with van der Waals surface area (Å²) in [4.78, 5) is 11.8. The average molecular weight is 238 g/mol. The van der Waals surface area contributed by atoms with Gasteiger partial charge in [0.05, 0.1) is 18.8 Å². The number of rotatable bonds is 3. The maximum absolute atomic E-state index is 13.0. The van der Waals surface area contributed by atoms with Gasteiger partial charge in [-0.1, -0.05) is 0 Å². The number of carbonyl (C=O) groups excluding carboxylic acids is 1. The molecule has 0 bridgehead atoms. The highest BCUT2D eigenvalue weighted by Crippen LogP contribution is 2.25. The van der Waals surface area contributed by atoms with E-state index in [0.717, 1.165) is 19.4 Å². The second-order valence-corrected chi connectivity index (χ2v) is 3.98. The number of ether oxygens (including phenoxy) is 1. The van der Waals surface area contributed by atoms with E-state index in [1.54, 1.807) is 0 Å². The lowest BCUT2D eigenvalue weighted by atomic mass is 10.2.